The minimum absolute atomic E-state index is 0.00329. The number of methoxy groups -OCH3 is 2. The number of fused-ring (bicyclic) bond motifs is 2. The molecule has 19 N–H and O–H groups in total. The fraction of sp³-hybridized carbons (Fsp3) is 0.464. The van der Waals surface area contributed by atoms with Gasteiger partial charge in [-0.2, -0.15) is 19.9 Å². The minimum Gasteiger partial charge on any atom is -0.493 e. The molecule has 0 bridgehead atoms. The number of nitrogens with two attached hydrogens (primary N) is 6. The number of aryl methyl sites for hydroxylation is 2. The number of nitrogens with one attached hydrogen (secondary N) is 7. The Balaban J connectivity index is 0.000000427. The van der Waals surface area contributed by atoms with Crippen LogP contribution in [-0.2, 0) is 57.7 Å². The first-order chi connectivity index (χ1) is 57.6. The van der Waals surface area contributed by atoms with Gasteiger partial charge in [-0.3, -0.25) is 43.2 Å². The SMILES string of the molecule is CCC(C)(C)C(=O)C(=O)N1CCCC[C@H]1C(=O)C[C@H](CCc1ccc(OC)c(OC)c1)c1cccc(OCC(=O)NCCCNC(=O)CC[C@H](NC(=O)c2ccc(N(C)Cc3cnc4nc(N)nc(N)c4n3)cc2)OC=O)c1.CCc1cnc2nc(N)nc(N)c2n1.CNCCCNC(=O)CC[C@@H](C)NC(=O)c1ccc(NC)cc1.NCCCN. The molecular weight excluding hydrogens is 1540 g/mol. The summed E-state index contributed by atoms with van der Waals surface area (Å²) in [5, 5.41) is 20.0. The summed E-state index contributed by atoms with van der Waals surface area (Å²) >= 11 is 0. The van der Waals surface area contributed by atoms with Crippen LogP contribution in [0.3, 0.4) is 0 Å². The number of Topliss-reactive ketones (excluding diaryl/α,β-unsaturated/α-hetero) is 2. The number of anilines is 6. The molecule has 36 heteroatoms. The molecule has 4 aromatic carbocycles. The van der Waals surface area contributed by atoms with Crippen LogP contribution in [0.25, 0.3) is 22.3 Å². The Morgan fingerprint density at radius 1 is 0.658 bits per heavy atom. The number of hydrogen-bond donors (Lipinski definition) is 13. The molecule has 4 atom stereocenters. The van der Waals surface area contributed by atoms with E-state index in [0.717, 1.165) is 73.5 Å². The van der Waals surface area contributed by atoms with Crippen LogP contribution >= 0.6 is 0 Å². The first-order valence-corrected chi connectivity index (χ1v) is 40.2. The minimum atomic E-state index is -1.07. The average molecular weight is 1660 g/mol. The number of amides is 6. The van der Waals surface area contributed by atoms with Gasteiger partial charge in [-0.05, 0) is 194 Å². The third kappa shape index (κ3) is 31.4. The van der Waals surface area contributed by atoms with Gasteiger partial charge >= 0.3 is 0 Å². The van der Waals surface area contributed by atoms with E-state index < -0.39 is 35.3 Å². The molecule has 0 saturated carbocycles. The van der Waals surface area contributed by atoms with Crippen LogP contribution in [0.5, 0.6) is 17.2 Å². The maximum Gasteiger partial charge on any atom is 0.295 e. The molecule has 6 amide bonds. The number of aromatic nitrogens is 8. The smallest absolute Gasteiger partial charge is 0.295 e. The Morgan fingerprint density at radius 3 is 1.82 bits per heavy atom. The van der Waals surface area contributed by atoms with Gasteiger partial charge in [0.25, 0.3) is 30.1 Å². The number of carbonyl (C=O) groups is 9. The molecule has 1 aliphatic heterocycles. The molecular formula is C84H119N23O13. The average Bonchev–Trinajstić information content (AvgIpc) is 0.815. The number of rotatable bonds is 42. The van der Waals surface area contributed by atoms with Crippen molar-refractivity contribution in [2.75, 3.05) is 121 Å². The highest BCUT2D eigenvalue weighted by atomic mass is 16.5. The summed E-state index contributed by atoms with van der Waals surface area (Å²) in [6.07, 6.45) is 9.92. The Morgan fingerprint density at radius 2 is 1.24 bits per heavy atom. The highest BCUT2D eigenvalue weighted by Gasteiger charge is 2.40. The highest BCUT2D eigenvalue weighted by molar-refractivity contribution is 6.38. The zero-order valence-electron chi connectivity index (χ0n) is 70.4. The van der Waals surface area contributed by atoms with Gasteiger partial charge in [0, 0.05) is 99.9 Å². The fourth-order valence-corrected chi connectivity index (χ4v) is 12.3. The van der Waals surface area contributed by atoms with E-state index in [4.69, 9.17) is 53.3 Å². The fourth-order valence-electron chi connectivity index (χ4n) is 12.3. The monoisotopic (exact) mass is 1660 g/mol. The Kier molecular flexibility index (Phi) is 40.3. The van der Waals surface area contributed by atoms with Gasteiger partial charge in [-0.15, -0.1) is 0 Å². The van der Waals surface area contributed by atoms with Gasteiger partial charge in [0.15, 0.2) is 64.1 Å². The number of benzene rings is 4. The third-order valence-electron chi connectivity index (χ3n) is 19.6. The van der Waals surface area contributed by atoms with E-state index in [1.165, 1.54) is 4.90 Å². The van der Waals surface area contributed by atoms with Gasteiger partial charge in [0.1, 0.15) is 5.75 Å². The summed E-state index contributed by atoms with van der Waals surface area (Å²) in [6, 6.07) is 26.2. The van der Waals surface area contributed by atoms with E-state index in [-0.39, 0.29) is 116 Å². The summed E-state index contributed by atoms with van der Waals surface area (Å²) in [5.74, 6) is -0.720. The molecule has 9 rings (SSSR count). The molecule has 0 spiro atoms. The summed E-state index contributed by atoms with van der Waals surface area (Å²) in [6.45, 7) is 13.4. The van der Waals surface area contributed by atoms with Crippen molar-refractivity contribution in [3.63, 3.8) is 0 Å². The lowest BCUT2D eigenvalue weighted by molar-refractivity contribution is -0.153. The van der Waals surface area contributed by atoms with Crippen LogP contribution in [0.4, 0.5) is 34.9 Å². The van der Waals surface area contributed by atoms with Crippen molar-refractivity contribution in [1.82, 2.24) is 76.7 Å². The number of ether oxygens (including phenoxy) is 4. The molecule has 1 fully saturated rings. The van der Waals surface area contributed by atoms with Gasteiger partial charge in [-0.1, -0.05) is 45.9 Å². The number of nitrogens with zero attached hydrogens (tertiary/aromatic N) is 10. The van der Waals surface area contributed by atoms with Crippen LogP contribution in [0, 0.1) is 5.41 Å². The first-order valence-electron chi connectivity index (χ1n) is 40.2. The molecule has 8 aromatic rings. The highest BCUT2D eigenvalue weighted by Crippen LogP contribution is 2.35. The summed E-state index contributed by atoms with van der Waals surface area (Å²) in [4.78, 5) is 151. The zero-order valence-corrected chi connectivity index (χ0v) is 70.4. The van der Waals surface area contributed by atoms with Crippen LogP contribution in [0.15, 0.2) is 103 Å². The number of likely N-dealkylation sites (tertiary alicyclic amines) is 1. The van der Waals surface area contributed by atoms with Crippen LogP contribution in [-0.4, -0.2) is 204 Å². The van der Waals surface area contributed by atoms with E-state index in [2.05, 4.69) is 77.1 Å². The number of carbonyl (C=O) groups excluding carboxylic acids is 9. The molecule has 0 unspecified atom stereocenters. The molecule has 120 heavy (non-hydrogen) atoms. The first kappa shape index (κ1) is 96.3. The van der Waals surface area contributed by atoms with Crippen LogP contribution in [0.1, 0.15) is 167 Å². The predicted octanol–water partition coefficient (Wildman–Crippen LogP) is 5.80. The Hall–Kier alpha value is -12.6. The summed E-state index contributed by atoms with van der Waals surface area (Å²) in [7, 11) is 8.70. The Labute approximate surface area is 700 Å². The molecule has 0 radical (unpaired) electrons. The Bertz CT molecular complexity index is 4660. The molecule has 4 aromatic heterocycles. The topological polar surface area (TPSA) is 540 Å². The van der Waals surface area contributed by atoms with E-state index in [1.54, 1.807) is 89.0 Å². The summed E-state index contributed by atoms with van der Waals surface area (Å²) < 4.78 is 21.9. The summed E-state index contributed by atoms with van der Waals surface area (Å²) in [5.41, 5.74) is 39.4. The van der Waals surface area contributed by atoms with Crippen molar-refractivity contribution in [2.45, 2.75) is 162 Å². The molecule has 0 aliphatic carbocycles. The van der Waals surface area contributed by atoms with Crippen molar-refractivity contribution in [3.8, 4) is 17.2 Å². The second kappa shape index (κ2) is 50.3. The van der Waals surface area contributed by atoms with Crippen molar-refractivity contribution < 1.29 is 62.1 Å². The standard InChI is InChI=1S/C56H71N11O11.C17H28N4O2.C8H10N6.C3H10N2/c1-7-56(2,3)50(72)54(74)67-27-9-8-14-42(67)43(69)30-38(17-15-35-16-22-44(75-5)45(28-35)76-6)37-12-10-13-41(29-37)77-33-47(71)60-26-11-25-59-46(70)23-24-48(78-34-68)63-53(73)36-18-20-40(21-19-36)66(4)32-39-31-61-52-49(62-39)51(57)64-55(58)65-52;1-13(5-10-16(22)20-12-4-11-18-2)21-17(23)14-6-8-15(19-3)9-7-14;1-2-4-3-11-7-5(12-4)6(9)13-8(10)14-7;4-2-1-3-5/h10,12-13,16,18-22,28-29,31,34,38,42,48H,7-9,11,14-15,17,23-27,30,32-33H2,1-6H3,(H,59,70)(H,60,71)(H,63,73)(H4,57,58,61,64,65);6-9,13,18-19H,4-5,10-12H2,1-3H3,(H,20,22)(H,21,23);3H,2H2,1H3,(H4,9,10,11,13,14);1-5H2/t38-,42-,48+;13-;;/m01../s1. The second-order valence-electron chi connectivity index (χ2n) is 29.1. The van der Waals surface area contributed by atoms with Crippen molar-refractivity contribution in [1.29, 1.82) is 0 Å². The van der Waals surface area contributed by atoms with Gasteiger partial charge in [-0.25, -0.2) is 19.9 Å². The zero-order chi connectivity index (χ0) is 87.7. The maximum atomic E-state index is 14.3. The number of nitrogen functional groups attached to an aromatic ring is 4. The molecule has 5 heterocycles. The molecule has 1 saturated heterocycles. The van der Waals surface area contributed by atoms with Crippen molar-refractivity contribution in [2.24, 2.45) is 16.9 Å². The van der Waals surface area contributed by atoms with Crippen molar-refractivity contribution in [3.05, 3.63) is 137 Å². The van der Waals surface area contributed by atoms with Crippen LogP contribution in [0.2, 0.25) is 0 Å². The van der Waals surface area contributed by atoms with Crippen molar-refractivity contribution >= 4 is 111 Å². The van der Waals surface area contributed by atoms with E-state index >= 15 is 0 Å². The molecule has 648 valence electrons. The van der Waals surface area contributed by atoms with E-state index in [9.17, 15) is 43.2 Å². The third-order valence-corrected chi connectivity index (χ3v) is 19.6. The van der Waals surface area contributed by atoms with E-state index in [0.29, 0.717) is 122 Å². The number of hydrogen-bond acceptors (Lipinski definition) is 30. The lowest BCUT2D eigenvalue weighted by atomic mass is 9.82. The lowest BCUT2D eigenvalue weighted by Crippen LogP contribution is -2.52. The van der Waals surface area contributed by atoms with Gasteiger partial charge in [0.05, 0.1) is 50.6 Å². The van der Waals surface area contributed by atoms with Crippen LogP contribution < -0.4 is 90.7 Å². The predicted molar refractivity (Wildman–Crippen MR) is 461 cm³/mol. The molecule has 36 nitrogen and oxygen atoms in total. The maximum absolute atomic E-state index is 14.3. The number of piperidine rings is 1. The quantitative estimate of drug-likeness (QED) is 0.00929. The largest absolute Gasteiger partial charge is 0.493 e. The van der Waals surface area contributed by atoms with Gasteiger partial charge < -0.3 is 100 Å². The van der Waals surface area contributed by atoms with E-state index in [1.807, 2.05) is 89.3 Å². The number of ketones is 2. The normalized spacial score (nSPS) is 13.0. The lowest BCUT2D eigenvalue weighted by Gasteiger charge is -2.36. The van der Waals surface area contributed by atoms with Gasteiger partial charge in [0.2, 0.25) is 29.5 Å². The molecule has 1 aliphatic rings. The second-order valence-corrected chi connectivity index (χ2v) is 29.1.